The molecule has 2 aromatic rings. The van der Waals surface area contributed by atoms with Crippen molar-refractivity contribution in [3.8, 4) is 0 Å². The molecule has 0 aromatic heterocycles. The number of aliphatic hydroxyl groups excluding tert-OH is 1. The summed E-state index contributed by atoms with van der Waals surface area (Å²) in [5.41, 5.74) is 2.38. The quantitative estimate of drug-likeness (QED) is 0.831. The van der Waals surface area contributed by atoms with Gasteiger partial charge in [0.1, 0.15) is 0 Å². The lowest BCUT2D eigenvalue weighted by Gasteiger charge is -2.36. The zero-order valence-corrected chi connectivity index (χ0v) is 17.2. The number of amides is 2. The minimum atomic E-state index is -0.275. The summed E-state index contributed by atoms with van der Waals surface area (Å²) in [6, 6.07) is 18.0. The summed E-state index contributed by atoms with van der Waals surface area (Å²) in [6.07, 6.45) is 5.01. The molecule has 30 heavy (non-hydrogen) atoms. The van der Waals surface area contributed by atoms with Gasteiger partial charge >= 0.3 is 0 Å². The largest absolute Gasteiger partial charge is 0.396 e. The first-order valence-electron chi connectivity index (χ1n) is 11.0. The van der Waals surface area contributed by atoms with Gasteiger partial charge in [0.2, 0.25) is 5.91 Å². The van der Waals surface area contributed by atoms with Crippen molar-refractivity contribution in [3.63, 3.8) is 0 Å². The van der Waals surface area contributed by atoms with Crippen LogP contribution in [0.25, 0.3) is 0 Å². The van der Waals surface area contributed by atoms with E-state index in [1.807, 2.05) is 47.4 Å². The molecule has 2 bridgehead atoms. The van der Waals surface area contributed by atoms with Gasteiger partial charge in [0.15, 0.2) is 0 Å². The number of benzene rings is 2. The minimum absolute atomic E-state index is 0.0272. The molecule has 0 radical (unpaired) electrons. The average Bonchev–Trinajstić information content (AvgIpc) is 3.47. The molecule has 5 heteroatoms. The van der Waals surface area contributed by atoms with Gasteiger partial charge in [-0.25, -0.2) is 0 Å². The number of rotatable bonds is 5. The number of fused-ring (bicyclic) bond motifs is 2. The third-order valence-corrected chi connectivity index (χ3v) is 7.28. The molecule has 3 saturated heterocycles. The van der Waals surface area contributed by atoms with Crippen molar-refractivity contribution in [1.82, 2.24) is 4.90 Å². The Bertz CT molecular complexity index is 960. The normalized spacial score (nSPS) is 27.8. The van der Waals surface area contributed by atoms with Gasteiger partial charge in [-0.05, 0) is 55.9 Å². The van der Waals surface area contributed by atoms with Crippen molar-refractivity contribution in [3.05, 3.63) is 65.7 Å². The van der Waals surface area contributed by atoms with Gasteiger partial charge in [-0.1, -0.05) is 36.4 Å². The van der Waals surface area contributed by atoms with Crippen molar-refractivity contribution >= 4 is 17.5 Å². The average molecular weight is 405 g/mol. The molecule has 0 unspecified atom stereocenters. The molecule has 0 spiro atoms. The fraction of sp³-hybridized carbons (Fsp3) is 0.440. The number of hydrogen-bond acceptors (Lipinski definition) is 3. The summed E-state index contributed by atoms with van der Waals surface area (Å²) in [5, 5.41) is 10.4. The third-order valence-electron chi connectivity index (χ3n) is 7.28. The summed E-state index contributed by atoms with van der Waals surface area (Å²) in [4.78, 5) is 29.5. The highest BCUT2D eigenvalue weighted by Crippen LogP contribution is 2.51. The molecule has 3 heterocycles. The second-order valence-corrected chi connectivity index (χ2v) is 9.05. The van der Waals surface area contributed by atoms with E-state index in [1.54, 1.807) is 4.90 Å². The molecule has 3 fully saturated rings. The van der Waals surface area contributed by atoms with E-state index >= 15 is 0 Å². The lowest BCUT2D eigenvalue weighted by atomic mass is 9.70. The smallest absolute Gasteiger partial charge is 0.254 e. The van der Waals surface area contributed by atoms with Crippen molar-refractivity contribution < 1.29 is 14.7 Å². The van der Waals surface area contributed by atoms with Crippen molar-refractivity contribution in [2.75, 3.05) is 18.1 Å². The van der Waals surface area contributed by atoms with Crippen LogP contribution >= 0.6 is 0 Å². The molecular formula is C25H28N2O3. The van der Waals surface area contributed by atoms with Gasteiger partial charge in [0.25, 0.3) is 5.91 Å². The molecule has 3 aliphatic heterocycles. The second-order valence-electron chi connectivity index (χ2n) is 9.05. The molecule has 156 valence electrons. The molecule has 5 rings (SSSR count). The molecule has 3 aliphatic rings. The topological polar surface area (TPSA) is 60.9 Å². The zero-order valence-electron chi connectivity index (χ0n) is 17.2. The van der Waals surface area contributed by atoms with Gasteiger partial charge < -0.3 is 14.9 Å². The van der Waals surface area contributed by atoms with E-state index in [0.29, 0.717) is 12.0 Å². The molecule has 1 N–H and O–H groups in total. The molecule has 3 atom stereocenters. The number of nitrogens with zero attached hydrogens (tertiary/aromatic N) is 2. The highest BCUT2D eigenvalue weighted by molar-refractivity contribution is 5.99. The van der Waals surface area contributed by atoms with Crippen LogP contribution in [0.1, 0.15) is 48.0 Å². The summed E-state index contributed by atoms with van der Waals surface area (Å²) in [6.45, 7) is 0.811. The maximum absolute atomic E-state index is 13.6. The highest BCUT2D eigenvalue weighted by atomic mass is 16.3. The zero-order chi connectivity index (χ0) is 20.7. The predicted molar refractivity (Wildman–Crippen MR) is 115 cm³/mol. The monoisotopic (exact) mass is 404 g/mol. The molecular weight excluding hydrogens is 376 g/mol. The number of carbonyl (C=O) groups excluding carboxylic acids is 2. The number of hydrogen-bond donors (Lipinski definition) is 1. The SMILES string of the molecule is O=C1CCCN1c1cccc(C(=O)N2[C@@H]3CC[C@H]2[C@](CO)(Cc2ccccc2)C3)c1. The lowest BCUT2D eigenvalue weighted by Crippen LogP contribution is -2.44. The maximum Gasteiger partial charge on any atom is 0.254 e. The Morgan fingerprint density at radius 2 is 1.93 bits per heavy atom. The summed E-state index contributed by atoms with van der Waals surface area (Å²) in [5.74, 6) is 0.155. The Kier molecular flexibility index (Phi) is 4.86. The van der Waals surface area contributed by atoms with E-state index in [0.717, 1.165) is 44.3 Å². The van der Waals surface area contributed by atoms with Crippen molar-refractivity contribution in [1.29, 1.82) is 0 Å². The summed E-state index contributed by atoms with van der Waals surface area (Å²) in [7, 11) is 0. The van der Waals surface area contributed by atoms with E-state index < -0.39 is 0 Å². The number of anilines is 1. The Morgan fingerprint density at radius 1 is 1.10 bits per heavy atom. The van der Waals surface area contributed by atoms with Gasteiger partial charge in [-0.2, -0.15) is 0 Å². The van der Waals surface area contributed by atoms with Crippen molar-refractivity contribution in [2.24, 2.45) is 5.41 Å². The van der Waals surface area contributed by atoms with Gasteiger partial charge in [0.05, 0.1) is 6.61 Å². The Labute approximate surface area is 177 Å². The summed E-state index contributed by atoms with van der Waals surface area (Å²) < 4.78 is 0. The second kappa shape index (κ2) is 7.55. The first-order valence-corrected chi connectivity index (χ1v) is 11.0. The van der Waals surface area contributed by atoms with E-state index in [-0.39, 0.29) is 35.9 Å². The number of carbonyl (C=O) groups is 2. The highest BCUT2D eigenvalue weighted by Gasteiger charge is 2.57. The van der Waals surface area contributed by atoms with Crippen LogP contribution in [0.4, 0.5) is 5.69 Å². The van der Waals surface area contributed by atoms with Crippen LogP contribution in [0.15, 0.2) is 54.6 Å². The summed E-state index contributed by atoms with van der Waals surface area (Å²) >= 11 is 0. The van der Waals surface area contributed by atoms with E-state index in [4.69, 9.17) is 0 Å². The Morgan fingerprint density at radius 3 is 2.67 bits per heavy atom. The molecule has 0 aliphatic carbocycles. The van der Waals surface area contributed by atoms with Crippen LogP contribution in [0.2, 0.25) is 0 Å². The van der Waals surface area contributed by atoms with Crippen LogP contribution in [0.3, 0.4) is 0 Å². The maximum atomic E-state index is 13.6. The van der Waals surface area contributed by atoms with Crippen molar-refractivity contribution in [2.45, 2.75) is 50.6 Å². The van der Waals surface area contributed by atoms with Crippen LogP contribution in [-0.4, -0.2) is 47.1 Å². The van der Waals surface area contributed by atoms with Gasteiger partial charge in [-0.15, -0.1) is 0 Å². The van der Waals surface area contributed by atoms with E-state index in [9.17, 15) is 14.7 Å². The predicted octanol–water partition coefficient (Wildman–Crippen LogP) is 3.41. The fourth-order valence-electron chi connectivity index (χ4n) is 5.89. The van der Waals surface area contributed by atoms with E-state index in [2.05, 4.69) is 12.1 Å². The number of aliphatic hydroxyl groups is 1. The first-order chi connectivity index (χ1) is 14.6. The minimum Gasteiger partial charge on any atom is -0.396 e. The molecule has 2 amide bonds. The fourth-order valence-corrected chi connectivity index (χ4v) is 5.89. The van der Waals surface area contributed by atoms with Gasteiger partial charge in [0, 0.05) is 41.7 Å². The van der Waals surface area contributed by atoms with E-state index in [1.165, 1.54) is 5.56 Å². The Hall–Kier alpha value is -2.66. The molecule has 2 aromatic carbocycles. The molecule has 0 saturated carbocycles. The Balaban J connectivity index is 1.41. The standard InChI is InChI=1S/C25H28N2O3/c28-17-25(15-18-6-2-1-3-7-18)16-21-11-12-22(25)27(21)24(30)19-8-4-9-20(14-19)26-13-5-10-23(26)29/h1-4,6-9,14,21-22,28H,5,10-13,15-17H2/t21-,22+,25-/m1/s1. The van der Waals surface area contributed by atoms with Gasteiger partial charge in [-0.3, -0.25) is 9.59 Å². The van der Waals surface area contributed by atoms with Crippen LogP contribution in [0, 0.1) is 5.41 Å². The first kappa shape index (κ1) is 19.3. The lowest BCUT2D eigenvalue weighted by molar-refractivity contribution is -0.117. The van der Waals surface area contributed by atoms with Crippen LogP contribution in [-0.2, 0) is 11.2 Å². The molecule has 5 nitrogen and oxygen atoms in total. The van der Waals surface area contributed by atoms with Crippen LogP contribution in [0.5, 0.6) is 0 Å². The van der Waals surface area contributed by atoms with Crippen LogP contribution < -0.4 is 4.90 Å². The third kappa shape index (κ3) is 3.12.